The van der Waals surface area contributed by atoms with Gasteiger partial charge in [-0.3, -0.25) is 4.79 Å². The molecule has 2 saturated heterocycles. The van der Waals surface area contributed by atoms with Gasteiger partial charge in [-0.25, -0.2) is 0 Å². The summed E-state index contributed by atoms with van der Waals surface area (Å²) in [6.07, 6.45) is 4.19. The number of piperidine rings is 1. The van der Waals surface area contributed by atoms with Gasteiger partial charge in [-0.15, -0.1) is 0 Å². The topological polar surface area (TPSA) is 41.6 Å². The lowest BCUT2D eigenvalue weighted by atomic mass is 9.74. The lowest BCUT2D eigenvalue weighted by molar-refractivity contribution is -0.154. The maximum atomic E-state index is 12.2. The highest BCUT2D eigenvalue weighted by Gasteiger charge is 2.39. The van der Waals surface area contributed by atoms with E-state index < -0.39 is 0 Å². The van der Waals surface area contributed by atoms with Crippen LogP contribution in [-0.4, -0.2) is 49.7 Å². The van der Waals surface area contributed by atoms with E-state index in [9.17, 15) is 4.79 Å². The van der Waals surface area contributed by atoms with E-state index in [1.807, 2.05) is 20.9 Å². The highest BCUT2D eigenvalue weighted by molar-refractivity contribution is 5.81. The SMILES string of the molecule is CC(C)N(C)C(=O)C1CCC2(CCNCC2)CO1. The first-order valence-corrected chi connectivity index (χ1v) is 7.13. The predicted molar refractivity (Wildman–Crippen MR) is 71.4 cm³/mol. The highest BCUT2D eigenvalue weighted by atomic mass is 16.5. The second-order valence-corrected chi connectivity index (χ2v) is 6.13. The molecule has 0 saturated carbocycles. The molecule has 4 heteroatoms. The fraction of sp³-hybridized carbons (Fsp3) is 0.929. The Labute approximate surface area is 110 Å². The summed E-state index contributed by atoms with van der Waals surface area (Å²) in [5, 5.41) is 3.39. The highest BCUT2D eigenvalue weighted by Crippen LogP contribution is 2.39. The number of rotatable bonds is 2. The van der Waals surface area contributed by atoms with Gasteiger partial charge < -0.3 is 15.0 Å². The second-order valence-electron chi connectivity index (χ2n) is 6.13. The van der Waals surface area contributed by atoms with Gasteiger partial charge in [0.1, 0.15) is 6.10 Å². The molecule has 1 amide bonds. The first kappa shape index (κ1) is 13.8. The molecule has 1 spiro atoms. The Bertz CT molecular complexity index is 288. The van der Waals surface area contributed by atoms with Crippen LogP contribution in [0.3, 0.4) is 0 Å². The zero-order chi connectivity index (χ0) is 13.2. The molecule has 0 aromatic rings. The number of nitrogens with zero attached hydrogens (tertiary/aromatic N) is 1. The monoisotopic (exact) mass is 254 g/mol. The molecule has 2 aliphatic rings. The molecule has 2 aliphatic heterocycles. The standard InChI is InChI=1S/C14H26N2O2/c1-11(2)16(3)13(17)12-4-5-14(10-18-12)6-8-15-9-7-14/h11-12,15H,4-10H2,1-3H3. The molecule has 0 aromatic carbocycles. The molecule has 1 unspecified atom stereocenters. The fourth-order valence-corrected chi connectivity index (χ4v) is 2.90. The molecule has 18 heavy (non-hydrogen) atoms. The summed E-state index contributed by atoms with van der Waals surface area (Å²) < 4.78 is 5.89. The minimum Gasteiger partial charge on any atom is -0.368 e. The van der Waals surface area contributed by atoms with Gasteiger partial charge in [0.2, 0.25) is 0 Å². The van der Waals surface area contributed by atoms with Gasteiger partial charge in [0.15, 0.2) is 0 Å². The van der Waals surface area contributed by atoms with E-state index in [1.54, 1.807) is 4.90 Å². The molecule has 2 rings (SSSR count). The summed E-state index contributed by atoms with van der Waals surface area (Å²) in [6.45, 7) is 7.02. The fourth-order valence-electron chi connectivity index (χ4n) is 2.90. The third-order valence-corrected chi connectivity index (χ3v) is 4.59. The maximum absolute atomic E-state index is 12.2. The van der Waals surface area contributed by atoms with Crippen LogP contribution in [0.1, 0.15) is 39.5 Å². The van der Waals surface area contributed by atoms with Crippen molar-refractivity contribution in [2.45, 2.75) is 51.7 Å². The Morgan fingerprint density at radius 1 is 1.33 bits per heavy atom. The molecule has 104 valence electrons. The van der Waals surface area contributed by atoms with Crippen LogP contribution in [0, 0.1) is 5.41 Å². The molecule has 1 N–H and O–H groups in total. The van der Waals surface area contributed by atoms with Crippen LogP contribution in [0.25, 0.3) is 0 Å². The van der Waals surface area contributed by atoms with Crippen LogP contribution in [0.5, 0.6) is 0 Å². The van der Waals surface area contributed by atoms with Gasteiger partial charge in [0.05, 0.1) is 6.61 Å². The summed E-state index contributed by atoms with van der Waals surface area (Å²) in [4.78, 5) is 14.0. The molecule has 0 aliphatic carbocycles. The molecule has 4 nitrogen and oxygen atoms in total. The van der Waals surface area contributed by atoms with Gasteiger partial charge in [0, 0.05) is 13.1 Å². The van der Waals surface area contributed by atoms with E-state index >= 15 is 0 Å². The summed E-state index contributed by atoms with van der Waals surface area (Å²) in [5.74, 6) is 0.147. The summed E-state index contributed by atoms with van der Waals surface area (Å²) in [7, 11) is 1.87. The van der Waals surface area contributed by atoms with Gasteiger partial charge in [-0.1, -0.05) is 0 Å². The van der Waals surface area contributed by atoms with Crippen molar-refractivity contribution < 1.29 is 9.53 Å². The van der Waals surface area contributed by atoms with Crippen molar-refractivity contribution in [1.29, 1.82) is 0 Å². The summed E-state index contributed by atoms with van der Waals surface area (Å²) in [6, 6.07) is 0.246. The number of amides is 1. The zero-order valence-corrected chi connectivity index (χ0v) is 11.9. The number of nitrogens with one attached hydrogen (secondary N) is 1. The number of ether oxygens (including phenoxy) is 1. The van der Waals surface area contributed by atoms with Crippen molar-refractivity contribution in [3.8, 4) is 0 Å². The molecule has 0 bridgehead atoms. The summed E-state index contributed by atoms with van der Waals surface area (Å²) in [5.41, 5.74) is 0.346. The Balaban J connectivity index is 1.88. The Hall–Kier alpha value is -0.610. The van der Waals surface area contributed by atoms with E-state index in [4.69, 9.17) is 4.74 Å². The lowest BCUT2D eigenvalue weighted by Gasteiger charge is -2.43. The number of hydrogen-bond acceptors (Lipinski definition) is 3. The smallest absolute Gasteiger partial charge is 0.251 e. The van der Waals surface area contributed by atoms with Gasteiger partial charge >= 0.3 is 0 Å². The number of carbonyl (C=O) groups excluding carboxylic acids is 1. The van der Waals surface area contributed by atoms with Crippen molar-refractivity contribution in [3.05, 3.63) is 0 Å². The molecule has 0 aromatic heterocycles. The Kier molecular flexibility index (Phi) is 4.28. The van der Waals surface area contributed by atoms with Crippen molar-refractivity contribution >= 4 is 5.91 Å². The predicted octanol–water partition coefficient (Wildman–Crippen LogP) is 1.40. The largest absolute Gasteiger partial charge is 0.368 e. The minimum absolute atomic E-state index is 0.147. The third-order valence-electron chi connectivity index (χ3n) is 4.59. The first-order valence-electron chi connectivity index (χ1n) is 7.13. The third kappa shape index (κ3) is 2.86. The van der Waals surface area contributed by atoms with E-state index in [1.165, 1.54) is 12.8 Å². The van der Waals surface area contributed by atoms with Crippen LogP contribution in [0.15, 0.2) is 0 Å². The number of carbonyl (C=O) groups is 1. The molecule has 2 heterocycles. The Morgan fingerprint density at radius 3 is 2.50 bits per heavy atom. The van der Waals surface area contributed by atoms with E-state index in [0.717, 1.165) is 32.5 Å². The van der Waals surface area contributed by atoms with Crippen molar-refractivity contribution in [1.82, 2.24) is 10.2 Å². The first-order chi connectivity index (χ1) is 8.54. The van der Waals surface area contributed by atoms with Gasteiger partial charge in [0.25, 0.3) is 5.91 Å². The number of hydrogen-bond donors (Lipinski definition) is 1. The van der Waals surface area contributed by atoms with Crippen LogP contribution < -0.4 is 5.32 Å². The van der Waals surface area contributed by atoms with Crippen LogP contribution in [0.2, 0.25) is 0 Å². The summed E-state index contributed by atoms with van der Waals surface area (Å²) >= 11 is 0. The molecular formula is C14H26N2O2. The van der Waals surface area contributed by atoms with Crippen LogP contribution >= 0.6 is 0 Å². The van der Waals surface area contributed by atoms with Crippen LogP contribution in [0.4, 0.5) is 0 Å². The Morgan fingerprint density at radius 2 is 2.00 bits per heavy atom. The quantitative estimate of drug-likeness (QED) is 0.810. The molecule has 2 fully saturated rings. The maximum Gasteiger partial charge on any atom is 0.251 e. The molecular weight excluding hydrogens is 228 g/mol. The average molecular weight is 254 g/mol. The van der Waals surface area contributed by atoms with E-state index in [2.05, 4.69) is 5.32 Å². The van der Waals surface area contributed by atoms with Crippen molar-refractivity contribution in [2.24, 2.45) is 5.41 Å². The zero-order valence-electron chi connectivity index (χ0n) is 11.9. The van der Waals surface area contributed by atoms with Crippen LogP contribution in [-0.2, 0) is 9.53 Å². The van der Waals surface area contributed by atoms with E-state index in [-0.39, 0.29) is 18.1 Å². The van der Waals surface area contributed by atoms with E-state index in [0.29, 0.717) is 5.41 Å². The van der Waals surface area contributed by atoms with Crippen molar-refractivity contribution in [2.75, 3.05) is 26.7 Å². The van der Waals surface area contributed by atoms with Gasteiger partial charge in [-0.2, -0.15) is 0 Å². The van der Waals surface area contributed by atoms with Gasteiger partial charge in [-0.05, 0) is 58.0 Å². The molecule has 1 atom stereocenters. The molecule has 0 radical (unpaired) electrons. The average Bonchev–Trinajstić information content (AvgIpc) is 2.39. The number of likely N-dealkylation sites (N-methyl/N-ethyl adjacent to an activating group) is 1. The van der Waals surface area contributed by atoms with Crippen molar-refractivity contribution in [3.63, 3.8) is 0 Å². The minimum atomic E-state index is -0.210. The lowest BCUT2D eigenvalue weighted by Crippen LogP contribution is -2.49. The normalized spacial score (nSPS) is 27.4. The second kappa shape index (κ2) is 5.57.